The Balaban J connectivity index is 1.83. The second kappa shape index (κ2) is 6.57. The Morgan fingerprint density at radius 2 is 1.29 bits per heavy atom. The van der Waals surface area contributed by atoms with Crippen LogP contribution < -0.4 is 0 Å². The van der Waals surface area contributed by atoms with Crippen LogP contribution in [-0.4, -0.2) is 24.9 Å². The van der Waals surface area contributed by atoms with Gasteiger partial charge in [0.05, 0.1) is 12.8 Å². The second-order valence-corrected chi connectivity index (χ2v) is 10.2. The fourth-order valence-corrected chi connectivity index (χ4v) is 9.92. The van der Waals surface area contributed by atoms with Crippen LogP contribution in [0.25, 0.3) is 0 Å². The quantitative estimate of drug-likeness (QED) is 0.449. The largest absolute Gasteiger partial charge is 0.468 e. The number of fused-ring (bicyclic) bond motifs is 1. The molecule has 2 heterocycles. The number of ether oxygens (including phenoxy) is 1. The van der Waals surface area contributed by atoms with Crippen LogP contribution in [0.5, 0.6) is 0 Å². The molecule has 0 bridgehead atoms. The Labute approximate surface area is 167 Å². The third kappa shape index (κ3) is 2.16. The van der Waals surface area contributed by atoms with Crippen LogP contribution in [0.1, 0.15) is 23.1 Å². The van der Waals surface area contributed by atoms with Crippen LogP contribution in [0.3, 0.4) is 0 Å². The molecule has 140 valence electrons. The van der Waals surface area contributed by atoms with Gasteiger partial charge in [-0.3, -0.25) is 4.79 Å². The molecule has 2 nitrogen and oxygen atoms in total. The third-order valence-corrected chi connectivity index (χ3v) is 10.1. The molecule has 0 aromatic heterocycles. The van der Waals surface area contributed by atoms with Gasteiger partial charge in [-0.1, -0.05) is 98.9 Å². The highest BCUT2D eigenvalue weighted by Gasteiger charge is 2.81. The molecular formula is C25H23O2P. The highest BCUT2D eigenvalue weighted by atomic mass is 31.1. The average Bonchev–Trinajstić information content (AvgIpc) is 3.33. The number of hydrogen-bond donors (Lipinski definition) is 0. The SMILES string of the molecule is COC(=O)C1P2CCC(c3ccccc3)(c3ccccc3)C12c1ccccc1. The van der Waals surface area contributed by atoms with Gasteiger partial charge in [-0.2, -0.15) is 0 Å². The van der Waals surface area contributed by atoms with Gasteiger partial charge in [0.2, 0.25) is 0 Å². The van der Waals surface area contributed by atoms with Gasteiger partial charge in [0.25, 0.3) is 0 Å². The van der Waals surface area contributed by atoms with Gasteiger partial charge >= 0.3 is 5.97 Å². The van der Waals surface area contributed by atoms with Crippen molar-refractivity contribution in [2.45, 2.75) is 22.7 Å². The van der Waals surface area contributed by atoms with E-state index in [0.29, 0.717) is 0 Å². The van der Waals surface area contributed by atoms with E-state index in [1.54, 1.807) is 0 Å². The van der Waals surface area contributed by atoms with Crippen molar-refractivity contribution in [2.24, 2.45) is 0 Å². The first-order valence-corrected chi connectivity index (χ1v) is 11.4. The molecule has 0 aliphatic carbocycles. The molecule has 2 fully saturated rings. The lowest BCUT2D eigenvalue weighted by Crippen LogP contribution is -2.43. The van der Waals surface area contributed by atoms with Crippen molar-refractivity contribution in [3.8, 4) is 0 Å². The molecule has 3 atom stereocenters. The van der Waals surface area contributed by atoms with Crippen molar-refractivity contribution in [1.82, 2.24) is 0 Å². The van der Waals surface area contributed by atoms with Crippen LogP contribution in [-0.2, 0) is 20.1 Å². The average molecular weight is 386 g/mol. The van der Waals surface area contributed by atoms with Crippen LogP contribution in [0.4, 0.5) is 0 Å². The van der Waals surface area contributed by atoms with Gasteiger partial charge in [-0.05, 0) is 29.3 Å². The monoisotopic (exact) mass is 386 g/mol. The third-order valence-electron chi connectivity index (χ3n) is 6.64. The van der Waals surface area contributed by atoms with Crippen LogP contribution in [0.2, 0.25) is 0 Å². The summed E-state index contributed by atoms with van der Waals surface area (Å²) in [5, 5.41) is -0.195. The van der Waals surface area contributed by atoms with Crippen molar-refractivity contribution < 1.29 is 9.53 Å². The van der Waals surface area contributed by atoms with E-state index in [2.05, 4.69) is 91.0 Å². The molecule has 3 heteroatoms. The summed E-state index contributed by atoms with van der Waals surface area (Å²) in [6, 6.07) is 32.3. The van der Waals surface area contributed by atoms with E-state index in [-0.39, 0.29) is 22.2 Å². The van der Waals surface area contributed by atoms with Gasteiger partial charge in [0, 0.05) is 10.6 Å². The molecule has 3 unspecified atom stereocenters. The summed E-state index contributed by atoms with van der Waals surface area (Å²) in [5.41, 5.74) is 3.65. The summed E-state index contributed by atoms with van der Waals surface area (Å²) in [6.45, 7) is 0. The van der Waals surface area contributed by atoms with Crippen LogP contribution in [0.15, 0.2) is 91.0 Å². The Bertz CT molecular complexity index is 947. The van der Waals surface area contributed by atoms with E-state index in [9.17, 15) is 4.79 Å². The number of rotatable bonds is 4. The number of benzene rings is 3. The summed E-state index contributed by atoms with van der Waals surface area (Å²) in [6.07, 6.45) is 2.16. The summed E-state index contributed by atoms with van der Waals surface area (Å²) < 4.78 is 5.30. The van der Waals surface area contributed by atoms with Gasteiger partial charge in [0.15, 0.2) is 0 Å². The lowest BCUT2D eigenvalue weighted by atomic mass is 9.61. The summed E-state index contributed by atoms with van der Waals surface area (Å²) in [7, 11) is 1.05. The summed E-state index contributed by atoms with van der Waals surface area (Å²) >= 11 is 0. The molecular weight excluding hydrogens is 363 g/mol. The zero-order chi connectivity index (χ0) is 19.2. The first kappa shape index (κ1) is 17.6. The zero-order valence-electron chi connectivity index (χ0n) is 15.9. The Morgan fingerprint density at radius 1 is 0.821 bits per heavy atom. The molecule has 0 spiro atoms. The van der Waals surface area contributed by atoms with Crippen LogP contribution in [0, 0.1) is 0 Å². The van der Waals surface area contributed by atoms with Crippen molar-refractivity contribution in [3.05, 3.63) is 108 Å². The number of methoxy groups -OCH3 is 1. The number of esters is 1. The van der Waals surface area contributed by atoms with Crippen molar-refractivity contribution >= 4 is 13.9 Å². The molecule has 0 N–H and O–H groups in total. The van der Waals surface area contributed by atoms with E-state index in [4.69, 9.17) is 4.74 Å². The predicted molar refractivity (Wildman–Crippen MR) is 114 cm³/mol. The maximum Gasteiger partial charge on any atom is 0.314 e. The minimum Gasteiger partial charge on any atom is -0.468 e. The molecule has 3 aromatic rings. The van der Waals surface area contributed by atoms with Gasteiger partial charge in [-0.25, -0.2) is 0 Å². The molecule has 2 aliphatic heterocycles. The standard InChI is InChI=1S/C25H23O2P/c1-27-23(26)22-25(21-15-9-4-10-16-21)24(17-18-28(22)25,19-11-5-2-6-12-19)20-13-7-3-8-14-20/h2-16,22H,17-18H2,1H3. The molecule has 2 saturated heterocycles. The lowest BCUT2D eigenvalue weighted by Gasteiger charge is -2.41. The minimum atomic E-state index is -0.477. The number of hydrogen-bond acceptors (Lipinski definition) is 2. The van der Waals surface area contributed by atoms with Crippen LogP contribution >= 0.6 is 7.92 Å². The highest BCUT2D eigenvalue weighted by Crippen LogP contribution is 2.91. The van der Waals surface area contributed by atoms with Crippen molar-refractivity contribution in [1.29, 1.82) is 0 Å². The molecule has 2 aliphatic rings. The Hall–Kier alpha value is -2.44. The molecule has 0 amide bonds. The molecule has 3 aromatic carbocycles. The fraction of sp³-hybridized carbons (Fsp3) is 0.240. The van der Waals surface area contributed by atoms with Crippen molar-refractivity contribution in [2.75, 3.05) is 13.3 Å². The van der Waals surface area contributed by atoms with Crippen molar-refractivity contribution in [3.63, 3.8) is 0 Å². The first-order chi connectivity index (χ1) is 13.8. The van der Waals surface area contributed by atoms with E-state index >= 15 is 0 Å². The molecule has 28 heavy (non-hydrogen) atoms. The maximum atomic E-state index is 12.9. The first-order valence-electron chi connectivity index (χ1n) is 9.78. The predicted octanol–water partition coefficient (Wildman–Crippen LogP) is 5.31. The Kier molecular flexibility index (Phi) is 4.14. The second-order valence-electron chi connectivity index (χ2n) is 7.64. The molecule has 0 radical (unpaired) electrons. The number of carbonyl (C=O) groups excluding carboxylic acids is 1. The molecule has 0 saturated carbocycles. The zero-order valence-corrected chi connectivity index (χ0v) is 16.8. The van der Waals surface area contributed by atoms with Gasteiger partial charge in [0.1, 0.15) is 0 Å². The summed E-state index contributed by atoms with van der Waals surface area (Å²) in [5.74, 6) is -0.0501. The fourth-order valence-electron chi connectivity index (χ4n) is 5.62. The Morgan fingerprint density at radius 3 is 1.75 bits per heavy atom. The number of carbonyl (C=O) groups is 1. The smallest absolute Gasteiger partial charge is 0.314 e. The maximum absolute atomic E-state index is 12.9. The lowest BCUT2D eigenvalue weighted by molar-refractivity contribution is -0.140. The normalized spacial score (nSPS) is 27.0. The topological polar surface area (TPSA) is 26.3 Å². The van der Waals surface area contributed by atoms with E-state index in [1.165, 1.54) is 23.8 Å². The minimum absolute atomic E-state index is 0.0379. The summed E-state index contributed by atoms with van der Waals surface area (Å²) in [4.78, 5) is 12.9. The van der Waals surface area contributed by atoms with Gasteiger partial charge < -0.3 is 4.74 Å². The van der Waals surface area contributed by atoms with Gasteiger partial charge in [-0.15, -0.1) is 0 Å². The molecule has 5 rings (SSSR count). The van der Waals surface area contributed by atoms with E-state index < -0.39 is 7.92 Å². The van der Waals surface area contributed by atoms with E-state index in [0.717, 1.165) is 12.6 Å². The highest BCUT2D eigenvalue weighted by molar-refractivity contribution is 7.69. The van der Waals surface area contributed by atoms with E-state index in [1.807, 2.05) is 0 Å².